The molecule has 6 nitrogen and oxygen atoms in total. The molecule has 2 unspecified atom stereocenters. The monoisotopic (exact) mass is 451 g/mol. The highest BCUT2D eigenvalue weighted by Gasteiger charge is 2.41. The van der Waals surface area contributed by atoms with Gasteiger partial charge in [0.2, 0.25) is 11.8 Å². The van der Waals surface area contributed by atoms with Crippen molar-refractivity contribution >= 4 is 11.8 Å². The van der Waals surface area contributed by atoms with Gasteiger partial charge in [-0.05, 0) is 44.1 Å². The van der Waals surface area contributed by atoms with Gasteiger partial charge in [0.25, 0.3) is 0 Å². The van der Waals surface area contributed by atoms with Gasteiger partial charge in [0.05, 0.1) is 19.1 Å². The molecule has 0 saturated carbocycles. The third-order valence-electron chi connectivity index (χ3n) is 6.24. The summed E-state index contributed by atoms with van der Waals surface area (Å²) in [6, 6.07) is 15.7. The van der Waals surface area contributed by atoms with Crippen molar-refractivity contribution in [2.45, 2.75) is 51.7 Å². The first-order valence-corrected chi connectivity index (χ1v) is 11.9. The molecule has 0 radical (unpaired) electrons. The van der Waals surface area contributed by atoms with Crippen LogP contribution in [0.2, 0.25) is 0 Å². The largest absolute Gasteiger partial charge is 0.496 e. The van der Waals surface area contributed by atoms with Crippen LogP contribution in [0.4, 0.5) is 0 Å². The van der Waals surface area contributed by atoms with Crippen molar-refractivity contribution in [1.82, 2.24) is 15.1 Å². The summed E-state index contributed by atoms with van der Waals surface area (Å²) in [4.78, 5) is 30.3. The van der Waals surface area contributed by atoms with E-state index in [1.165, 1.54) is 5.56 Å². The number of amides is 2. The number of unbranched alkanes of at least 4 members (excludes halogenated alkanes) is 1. The van der Waals surface area contributed by atoms with Gasteiger partial charge >= 0.3 is 0 Å². The normalized spacial score (nSPS) is 18.5. The molecule has 1 aliphatic rings. The number of benzene rings is 2. The molecular formula is C27H37N3O3. The van der Waals surface area contributed by atoms with Gasteiger partial charge < -0.3 is 19.9 Å². The fourth-order valence-corrected chi connectivity index (χ4v) is 4.56. The third kappa shape index (κ3) is 6.35. The molecule has 1 aliphatic heterocycles. The Morgan fingerprint density at radius 1 is 1.12 bits per heavy atom. The topological polar surface area (TPSA) is 61.9 Å². The van der Waals surface area contributed by atoms with Gasteiger partial charge in [-0.3, -0.25) is 9.59 Å². The average molecular weight is 452 g/mol. The predicted molar refractivity (Wildman–Crippen MR) is 131 cm³/mol. The molecule has 1 fully saturated rings. The van der Waals surface area contributed by atoms with Crippen molar-refractivity contribution in [2.75, 3.05) is 27.7 Å². The van der Waals surface area contributed by atoms with E-state index in [-0.39, 0.29) is 23.8 Å². The number of rotatable bonds is 10. The fourth-order valence-electron chi connectivity index (χ4n) is 4.56. The number of hydrogen-bond donors (Lipinski definition) is 1. The van der Waals surface area contributed by atoms with Gasteiger partial charge in [-0.2, -0.15) is 0 Å². The second-order valence-corrected chi connectivity index (χ2v) is 9.04. The van der Waals surface area contributed by atoms with Crippen LogP contribution in [0.25, 0.3) is 0 Å². The number of carbonyl (C=O) groups excluding carboxylic acids is 2. The van der Waals surface area contributed by atoms with E-state index in [9.17, 15) is 9.59 Å². The van der Waals surface area contributed by atoms with Crippen LogP contribution in [0, 0.1) is 5.92 Å². The lowest BCUT2D eigenvalue weighted by Crippen LogP contribution is -2.48. The standard InChI is InChI=1S/C27H37N3O3/c1-5-6-17-30-25(31)16-15-23(26(30)22-9-7-8-10-24(22)33-4)27(32)28-18-20-11-13-21(14-12-20)19-29(2)3/h7-14,23,26H,5-6,15-19H2,1-4H3,(H,28,32). The highest BCUT2D eigenvalue weighted by atomic mass is 16.5. The number of para-hydroxylation sites is 1. The molecule has 6 heteroatoms. The number of carbonyl (C=O) groups is 2. The minimum absolute atomic E-state index is 0.0164. The molecule has 0 aliphatic carbocycles. The van der Waals surface area contributed by atoms with E-state index in [2.05, 4.69) is 41.4 Å². The molecule has 3 rings (SSSR count). The van der Waals surface area contributed by atoms with Crippen LogP contribution in [0.1, 0.15) is 55.3 Å². The van der Waals surface area contributed by atoms with Crippen molar-refractivity contribution in [3.8, 4) is 5.75 Å². The van der Waals surface area contributed by atoms with E-state index >= 15 is 0 Å². The molecule has 2 atom stereocenters. The Bertz CT molecular complexity index is 926. The molecule has 2 aromatic carbocycles. The van der Waals surface area contributed by atoms with Crippen LogP contribution in [0.15, 0.2) is 48.5 Å². The lowest BCUT2D eigenvalue weighted by Gasteiger charge is -2.41. The molecular weight excluding hydrogens is 414 g/mol. The Balaban J connectivity index is 1.79. The zero-order chi connectivity index (χ0) is 23.8. The van der Waals surface area contributed by atoms with E-state index in [1.54, 1.807) is 7.11 Å². The summed E-state index contributed by atoms with van der Waals surface area (Å²) in [5.74, 6) is 0.494. The second kappa shape index (κ2) is 11.8. The number of nitrogens with one attached hydrogen (secondary N) is 1. The van der Waals surface area contributed by atoms with Gasteiger partial charge in [-0.15, -0.1) is 0 Å². The summed E-state index contributed by atoms with van der Waals surface area (Å²) in [5, 5.41) is 3.13. The van der Waals surface area contributed by atoms with Gasteiger partial charge in [-0.1, -0.05) is 55.8 Å². The predicted octanol–water partition coefficient (Wildman–Crippen LogP) is 4.15. The minimum Gasteiger partial charge on any atom is -0.496 e. The van der Waals surface area contributed by atoms with E-state index in [1.807, 2.05) is 43.3 Å². The summed E-state index contributed by atoms with van der Waals surface area (Å²) in [6.07, 6.45) is 2.83. The first-order valence-electron chi connectivity index (χ1n) is 11.9. The highest BCUT2D eigenvalue weighted by molar-refractivity contribution is 5.85. The van der Waals surface area contributed by atoms with Gasteiger partial charge in [-0.25, -0.2) is 0 Å². The van der Waals surface area contributed by atoms with E-state index in [4.69, 9.17) is 4.74 Å². The Hall–Kier alpha value is -2.86. The van der Waals surface area contributed by atoms with Crippen LogP contribution in [0.5, 0.6) is 5.75 Å². The Morgan fingerprint density at radius 3 is 2.48 bits per heavy atom. The third-order valence-corrected chi connectivity index (χ3v) is 6.24. The Labute approximate surface area is 197 Å². The first-order chi connectivity index (χ1) is 15.9. The maximum atomic E-state index is 13.4. The van der Waals surface area contributed by atoms with Crippen LogP contribution in [-0.4, -0.2) is 49.4 Å². The van der Waals surface area contributed by atoms with Crippen molar-refractivity contribution in [3.63, 3.8) is 0 Å². The van der Waals surface area contributed by atoms with Crippen LogP contribution in [-0.2, 0) is 22.7 Å². The van der Waals surface area contributed by atoms with E-state index in [0.717, 1.165) is 30.5 Å². The van der Waals surface area contributed by atoms with Gasteiger partial charge in [0.1, 0.15) is 5.75 Å². The maximum absolute atomic E-state index is 13.4. The van der Waals surface area contributed by atoms with E-state index < -0.39 is 0 Å². The number of nitrogens with zero attached hydrogens (tertiary/aromatic N) is 2. The number of piperidine rings is 1. The van der Waals surface area contributed by atoms with Gasteiger partial charge in [0, 0.05) is 31.6 Å². The Kier molecular flexibility index (Phi) is 8.89. The van der Waals surface area contributed by atoms with Gasteiger partial charge in [0.15, 0.2) is 0 Å². The molecule has 0 bridgehead atoms. The highest BCUT2D eigenvalue weighted by Crippen LogP contribution is 2.40. The van der Waals surface area contributed by atoms with Crippen molar-refractivity contribution in [2.24, 2.45) is 5.92 Å². The quantitative estimate of drug-likeness (QED) is 0.589. The lowest BCUT2D eigenvalue weighted by molar-refractivity contribution is -0.143. The smallest absolute Gasteiger partial charge is 0.225 e. The fraction of sp³-hybridized carbons (Fsp3) is 0.481. The SMILES string of the molecule is CCCCN1C(=O)CCC(C(=O)NCc2ccc(CN(C)C)cc2)C1c1ccccc1OC. The van der Waals surface area contributed by atoms with Crippen molar-refractivity contribution < 1.29 is 14.3 Å². The molecule has 1 heterocycles. The minimum atomic E-state index is -0.323. The summed E-state index contributed by atoms with van der Waals surface area (Å²) in [7, 11) is 5.73. The number of ether oxygens (including phenoxy) is 1. The second-order valence-electron chi connectivity index (χ2n) is 9.04. The van der Waals surface area contributed by atoms with E-state index in [0.29, 0.717) is 31.7 Å². The lowest BCUT2D eigenvalue weighted by atomic mass is 9.83. The number of hydrogen-bond acceptors (Lipinski definition) is 4. The molecule has 0 aromatic heterocycles. The first kappa shape index (κ1) is 24.8. The molecule has 2 amide bonds. The van der Waals surface area contributed by atoms with Crippen LogP contribution < -0.4 is 10.1 Å². The summed E-state index contributed by atoms with van der Waals surface area (Å²) in [6.45, 7) is 4.12. The Morgan fingerprint density at radius 2 is 1.82 bits per heavy atom. The maximum Gasteiger partial charge on any atom is 0.225 e. The summed E-state index contributed by atoms with van der Waals surface area (Å²) in [5.41, 5.74) is 3.20. The zero-order valence-corrected chi connectivity index (χ0v) is 20.3. The summed E-state index contributed by atoms with van der Waals surface area (Å²) < 4.78 is 5.61. The molecule has 2 aromatic rings. The molecule has 1 saturated heterocycles. The molecule has 178 valence electrons. The molecule has 33 heavy (non-hydrogen) atoms. The molecule has 1 N–H and O–H groups in total. The average Bonchev–Trinajstić information content (AvgIpc) is 2.82. The zero-order valence-electron chi connectivity index (χ0n) is 20.3. The van der Waals surface area contributed by atoms with Crippen LogP contribution >= 0.6 is 0 Å². The van der Waals surface area contributed by atoms with Crippen molar-refractivity contribution in [3.05, 3.63) is 65.2 Å². The summed E-state index contributed by atoms with van der Waals surface area (Å²) >= 11 is 0. The van der Waals surface area contributed by atoms with Crippen LogP contribution in [0.3, 0.4) is 0 Å². The number of methoxy groups -OCH3 is 1. The number of likely N-dealkylation sites (tertiary alicyclic amines) is 1. The molecule has 0 spiro atoms. The van der Waals surface area contributed by atoms with Crippen molar-refractivity contribution in [1.29, 1.82) is 0 Å².